The minimum atomic E-state index is -0.115. The minimum absolute atomic E-state index is 0.115. The van der Waals surface area contributed by atoms with Gasteiger partial charge in [-0.25, -0.2) is 0 Å². The predicted octanol–water partition coefficient (Wildman–Crippen LogP) is 4.11. The Balaban J connectivity index is 1.75. The molecule has 0 aromatic heterocycles. The van der Waals surface area contributed by atoms with Crippen LogP contribution in [0.15, 0.2) is 53.6 Å². The minimum Gasteiger partial charge on any atom is -0.488 e. The van der Waals surface area contributed by atoms with E-state index in [2.05, 4.69) is 5.10 Å². The van der Waals surface area contributed by atoms with Crippen LogP contribution in [0.1, 0.15) is 11.1 Å². The van der Waals surface area contributed by atoms with E-state index < -0.39 is 0 Å². The third-order valence-electron chi connectivity index (χ3n) is 3.30. The van der Waals surface area contributed by atoms with Crippen molar-refractivity contribution in [1.29, 1.82) is 0 Å². The van der Waals surface area contributed by atoms with Crippen LogP contribution in [0.3, 0.4) is 0 Å². The van der Waals surface area contributed by atoms with Crippen molar-refractivity contribution < 1.29 is 9.53 Å². The lowest BCUT2D eigenvalue weighted by Gasteiger charge is -2.11. The standard InChI is InChI=1S/C17H13ClN2O2S2/c18-14-7-3-1-6-13(14)10-22-15-8-4-2-5-12(15)9-19-20-16(21)11-24-17(20)23/h1-9H,10-11H2/b19-9+. The van der Waals surface area contributed by atoms with E-state index in [-0.39, 0.29) is 5.91 Å². The van der Waals surface area contributed by atoms with Crippen molar-refractivity contribution in [3.05, 3.63) is 64.7 Å². The van der Waals surface area contributed by atoms with Crippen LogP contribution < -0.4 is 4.74 Å². The van der Waals surface area contributed by atoms with Crippen LogP contribution in [0.25, 0.3) is 0 Å². The molecule has 0 unspecified atom stereocenters. The highest BCUT2D eigenvalue weighted by Gasteiger charge is 2.26. The van der Waals surface area contributed by atoms with Gasteiger partial charge in [0.25, 0.3) is 5.91 Å². The number of hydrogen-bond donors (Lipinski definition) is 0. The molecule has 24 heavy (non-hydrogen) atoms. The molecule has 2 aromatic rings. The van der Waals surface area contributed by atoms with Crippen molar-refractivity contribution in [2.45, 2.75) is 6.61 Å². The van der Waals surface area contributed by atoms with Crippen LogP contribution in [0.4, 0.5) is 0 Å². The maximum absolute atomic E-state index is 11.7. The van der Waals surface area contributed by atoms with E-state index in [0.717, 1.165) is 11.1 Å². The molecule has 3 rings (SSSR count). The number of benzene rings is 2. The number of hydrogen-bond acceptors (Lipinski definition) is 5. The lowest BCUT2D eigenvalue weighted by molar-refractivity contribution is -0.123. The molecule has 0 atom stereocenters. The van der Waals surface area contributed by atoms with Gasteiger partial charge in [0.2, 0.25) is 0 Å². The van der Waals surface area contributed by atoms with E-state index >= 15 is 0 Å². The summed E-state index contributed by atoms with van der Waals surface area (Å²) in [5, 5.41) is 6.08. The lowest BCUT2D eigenvalue weighted by atomic mass is 10.2. The number of carbonyl (C=O) groups is 1. The van der Waals surface area contributed by atoms with Gasteiger partial charge in [0.1, 0.15) is 12.4 Å². The Morgan fingerprint density at radius 2 is 2.00 bits per heavy atom. The van der Waals surface area contributed by atoms with Crippen LogP contribution in [-0.4, -0.2) is 27.2 Å². The molecule has 0 N–H and O–H groups in total. The second-order valence-electron chi connectivity index (χ2n) is 4.92. The van der Waals surface area contributed by atoms with Crippen molar-refractivity contribution in [2.24, 2.45) is 5.10 Å². The zero-order chi connectivity index (χ0) is 16.9. The van der Waals surface area contributed by atoms with Crippen molar-refractivity contribution in [2.75, 3.05) is 5.75 Å². The van der Waals surface area contributed by atoms with Crippen molar-refractivity contribution in [3.63, 3.8) is 0 Å². The summed E-state index contributed by atoms with van der Waals surface area (Å²) in [5.41, 5.74) is 1.66. The van der Waals surface area contributed by atoms with Gasteiger partial charge in [-0.05, 0) is 18.2 Å². The Labute approximate surface area is 154 Å². The molecule has 1 saturated heterocycles. The Morgan fingerprint density at radius 1 is 1.25 bits per heavy atom. The maximum Gasteiger partial charge on any atom is 0.259 e. The molecule has 1 heterocycles. The van der Waals surface area contributed by atoms with Gasteiger partial charge in [0.15, 0.2) is 4.32 Å². The highest BCUT2D eigenvalue weighted by molar-refractivity contribution is 8.23. The Kier molecular flexibility index (Phi) is 5.50. The summed E-state index contributed by atoms with van der Waals surface area (Å²) in [6.45, 7) is 0.349. The SMILES string of the molecule is O=C1CSC(=S)N1/N=C/c1ccccc1OCc1ccccc1Cl. The molecule has 1 aliphatic rings. The van der Waals surface area contributed by atoms with E-state index in [4.69, 9.17) is 28.6 Å². The van der Waals surface area contributed by atoms with E-state index in [1.807, 2.05) is 48.5 Å². The van der Waals surface area contributed by atoms with Crippen LogP contribution in [0.5, 0.6) is 5.75 Å². The van der Waals surface area contributed by atoms with Crippen LogP contribution in [0, 0.1) is 0 Å². The number of carbonyl (C=O) groups excluding carboxylic acids is 1. The van der Waals surface area contributed by atoms with Crippen LogP contribution in [-0.2, 0) is 11.4 Å². The molecular formula is C17H13ClN2O2S2. The average Bonchev–Trinajstić information content (AvgIpc) is 2.91. The molecule has 7 heteroatoms. The van der Waals surface area contributed by atoms with Crippen LogP contribution in [0.2, 0.25) is 5.02 Å². The first-order chi connectivity index (χ1) is 11.6. The Morgan fingerprint density at radius 3 is 2.75 bits per heavy atom. The summed E-state index contributed by atoms with van der Waals surface area (Å²) >= 11 is 12.6. The fraction of sp³-hybridized carbons (Fsp3) is 0.118. The number of ether oxygens (including phenoxy) is 1. The summed E-state index contributed by atoms with van der Waals surface area (Å²) in [4.78, 5) is 11.7. The largest absolute Gasteiger partial charge is 0.488 e. The zero-order valence-corrected chi connectivity index (χ0v) is 14.9. The van der Waals surface area contributed by atoms with Crippen molar-refractivity contribution in [3.8, 4) is 5.75 Å². The smallest absolute Gasteiger partial charge is 0.259 e. The molecule has 0 aliphatic carbocycles. The summed E-state index contributed by atoms with van der Waals surface area (Å²) < 4.78 is 6.32. The number of rotatable bonds is 5. The summed E-state index contributed by atoms with van der Waals surface area (Å²) in [6, 6.07) is 15.0. The first kappa shape index (κ1) is 17.0. The van der Waals surface area contributed by atoms with Crippen LogP contribution >= 0.6 is 35.6 Å². The number of hydrazone groups is 1. The molecule has 122 valence electrons. The van der Waals surface area contributed by atoms with E-state index in [9.17, 15) is 4.79 Å². The van der Waals surface area contributed by atoms with E-state index in [1.54, 1.807) is 6.21 Å². The van der Waals surface area contributed by atoms with E-state index in [0.29, 0.717) is 27.5 Å². The molecule has 0 spiro atoms. The molecule has 1 fully saturated rings. The average molecular weight is 377 g/mol. The molecular weight excluding hydrogens is 364 g/mol. The molecule has 0 bridgehead atoms. The number of amides is 1. The van der Waals surface area contributed by atoms with Gasteiger partial charge >= 0.3 is 0 Å². The number of halogens is 1. The number of thiocarbonyl (C=S) groups is 1. The first-order valence-corrected chi connectivity index (χ1v) is 8.91. The topological polar surface area (TPSA) is 41.9 Å². The zero-order valence-electron chi connectivity index (χ0n) is 12.5. The van der Waals surface area contributed by atoms with E-state index in [1.165, 1.54) is 16.8 Å². The maximum atomic E-state index is 11.7. The second-order valence-corrected chi connectivity index (χ2v) is 6.94. The Bertz CT molecular complexity index is 795. The third kappa shape index (κ3) is 3.95. The van der Waals surface area contributed by atoms with Gasteiger partial charge < -0.3 is 4.74 Å². The Hall–Kier alpha value is -1.89. The molecule has 1 amide bonds. The molecule has 1 aliphatic heterocycles. The van der Waals surface area contributed by atoms with Gasteiger partial charge in [-0.1, -0.05) is 65.9 Å². The number of nitrogens with zero attached hydrogens (tertiary/aromatic N) is 2. The molecule has 2 aromatic carbocycles. The summed E-state index contributed by atoms with van der Waals surface area (Å²) in [6.07, 6.45) is 1.58. The lowest BCUT2D eigenvalue weighted by Crippen LogP contribution is -2.22. The summed E-state index contributed by atoms with van der Waals surface area (Å²) in [5.74, 6) is 0.878. The summed E-state index contributed by atoms with van der Waals surface area (Å²) in [7, 11) is 0. The van der Waals surface area contributed by atoms with Gasteiger partial charge in [-0.15, -0.1) is 0 Å². The van der Waals surface area contributed by atoms with Gasteiger partial charge in [-0.3, -0.25) is 4.79 Å². The van der Waals surface area contributed by atoms with Crippen molar-refractivity contribution in [1.82, 2.24) is 5.01 Å². The normalized spacial score (nSPS) is 14.6. The monoisotopic (exact) mass is 376 g/mol. The fourth-order valence-electron chi connectivity index (χ4n) is 2.07. The quantitative estimate of drug-likeness (QED) is 0.581. The highest BCUT2D eigenvalue weighted by Crippen LogP contribution is 2.22. The number of thioether (sulfide) groups is 1. The van der Waals surface area contributed by atoms with Crippen molar-refractivity contribution >= 4 is 52.0 Å². The molecule has 4 nitrogen and oxygen atoms in total. The van der Waals surface area contributed by atoms with Gasteiger partial charge in [0, 0.05) is 16.1 Å². The van der Waals surface area contributed by atoms with Gasteiger partial charge in [0.05, 0.1) is 12.0 Å². The molecule has 0 radical (unpaired) electrons. The molecule has 0 saturated carbocycles. The predicted molar refractivity (Wildman–Crippen MR) is 102 cm³/mol. The fourth-order valence-corrected chi connectivity index (χ4v) is 3.23. The number of para-hydroxylation sites is 1. The highest BCUT2D eigenvalue weighted by atomic mass is 35.5. The second kappa shape index (κ2) is 7.79. The first-order valence-electron chi connectivity index (χ1n) is 7.14. The van der Waals surface area contributed by atoms with Gasteiger partial charge in [-0.2, -0.15) is 10.1 Å². The third-order valence-corrected chi connectivity index (χ3v) is 5.01.